The monoisotopic (exact) mass is 380 g/mol. The molecule has 0 rings (SSSR count). The van der Waals surface area contributed by atoms with Gasteiger partial charge in [-0.2, -0.15) is 0 Å². The van der Waals surface area contributed by atoms with Gasteiger partial charge in [0.2, 0.25) is 0 Å². The second-order valence-electron chi connectivity index (χ2n) is 0.816. The van der Waals surface area contributed by atoms with Gasteiger partial charge in [0.25, 0.3) is 0 Å². The van der Waals surface area contributed by atoms with E-state index in [0.717, 1.165) is 0 Å². The molecule has 8 nitrogen and oxygen atoms in total. The fourth-order valence-corrected chi connectivity index (χ4v) is 0. The van der Waals surface area contributed by atoms with Crippen LogP contribution in [0.2, 0.25) is 0 Å². The molecule has 0 fully saturated rings. The van der Waals surface area contributed by atoms with E-state index in [4.69, 9.17) is 35.0 Å². The number of hydrogen-bond acceptors (Lipinski definition) is 8. The van der Waals surface area contributed by atoms with E-state index in [1.54, 1.807) is 0 Å². The molecule has 12 heavy (non-hydrogen) atoms. The fourth-order valence-electron chi connectivity index (χ4n) is 0. The average molecular weight is 379 g/mol. The Balaban J connectivity index is -0.0000000178. The van der Waals surface area contributed by atoms with E-state index < -0.39 is 20.8 Å². The second-order valence-corrected chi connectivity index (χ2v) is 2.45. The summed E-state index contributed by atoms with van der Waals surface area (Å²) >= 11 is 0. The predicted molar refractivity (Wildman–Crippen MR) is 28.9 cm³/mol. The van der Waals surface area contributed by atoms with Crippen LogP contribution in [0.4, 0.5) is 0 Å². The van der Waals surface area contributed by atoms with Gasteiger partial charge < -0.3 is 21.1 Å². The number of hydrogen-bond donors (Lipinski definition) is 0. The summed E-state index contributed by atoms with van der Waals surface area (Å²) in [4.78, 5) is 0. The molecular weight excluding hydrogens is 377 g/mol. The Hall–Kier alpha value is 2.03. The summed E-state index contributed by atoms with van der Waals surface area (Å²) < 4.78 is 68.2. The maximum Gasteiger partial charge on any atom is 4.00 e. The van der Waals surface area contributed by atoms with Crippen LogP contribution < -0.4 is 0 Å². The molecule has 0 aromatic heterocycles. The molecule has 0 unspecified atom stereocenters. The third-order valence-electron chi connectivity index (χ3n) is 0. The standard InChI is InChI=1S/Ba.2H2O4S.Ti.2H/c;2*1-5(2,3)4;;;/h;2*(H2,1,2,3,4);;;/q+2;;;+4;2*-1/p-4. The third kappa shape index (κ3) is 356. The van der Waals surface area contributed by atoms with Gasteiger partial charge in [0.05, 0.1) is 0 Å². The van der Waals surface area contributed by atoms with Crippen LogP contribution in [0, 0.1) is 0 Å². The Kier molecular flexibility index (Phi) is 18.9. The van der Waals surface area contributed by atoms with E-state index in [9.17, 15) is 0 Å². The normalized spacial score (nSPS) is 9.67. The molecule has 0 bridgehead atoms. The molecule has 0 aliphatic carbocycles. The number of rotatable bonds is 0. The smallest absolute Gasteiger partial charge is 1.00 e. The van der Waals surface area contributed by atoms with Gasteiger partial charge in [-0.1, -0.05) is 0 Å². The topological polar surface area (TPSA) is 161 Å². The van der Waals surface area contributed by atoms with Gasteiger partial charge in [0, 0.05) is 20.8 Å². The second kappa shape index (κ2) is 9.58. The van der Waals surface area contributed by atoms with Crippen molar-refractivity contribution < 1.29 is 59.6 Å². The zero-order chi connectivity index (χ0) is 9.00. The van der Waals surface area contributed by atoms with Gasteiger partial charge in [0.15, 0.2) is 0 Å². The van der Waals surface area contributed by atoms with Crippen LogP contribution in [0.15, 0.2) is 0 Å². The Morgan fingerprint density at radius 1 is 0.750 bits per heavy atom. The molecule has 0 spiro atoms. The first-order chi connectivity index (χ1) is 4.00. The minimum Gasteiger partial charge on any atom is -1.00 e. The summed E-state index contributed by atoms with van der Waals surface area (Å²) in [7, 11) is -10.3. The van der Waals surface area contributed by atoms with Gasteiger partial charge in [-0.3, -0.25) is 16.8 Å². The van der Waals surface area contributed by atoms with E-state index >= 15 is 0 Å². The Labute approximate surface area is 127 Å². The summed E-state index contributed by atoms with van der Waals surface area (Å²) in [6.07, 6.45) is 0. The molecule has 0 N–H and O–H groups in total. The van der Waals surface area contributed by atoms with Crippen molar-refractivity contribution in [2.75, 3.05) is 0 Å². The van der Waals surface area contributed by atoms with E-state index in [0.29, 0.717) is 0 Å². The van der Waals surface area contributed by atoms with Crippen molar-refractivity contribution in [3.05, 3.63) is 0 Å². The van der Waals surface area contributed by atoms with Crippen molar-refractivity contribution >= 4 is 69.7 Å². The van der Waals surface area contributed by atoms with Crippen molar-refractivity contribution in [1.82, 2.24) is 0 Å². The minimum absolute atomic E-state index is 0. The van der Waals surface area contributed by atoms with Crippen LogP contribution >= 0.6 is 0 Å². The van der Waals surface area contributed by atoms with E-state index in [1.165, 1.54) is 0 Å². The van der Waals surface area contributed by atoms with Crippen molar-refractivity contribution in [1.29, 1.82) is 0 Å². The molecule has 0 saturated carbocycles. The molecule has 0 aromatic carbocycles. The quantitative estimate of drug-likeness (QED) is 0.247. The molecule has 68 valence electrons. The first-order valence-electron chi connectivity index (χ1n) is 1.33. The van der Waals surface area contributed by atoms with Crippen LogP contribution in [0.3, 0.4) is 0 Å². The van der Waals surface area contributed by atoms with Gasteiger partial charge in [-0.05, 0) is 0 Å². The zero-order valence-corrected chi connectivity index (χ0v) is 12.9. The predicted octanol–water partition coefficient (Wildman–Crippen LogP) is -2.83. The summed E-state index contributed by atoms with van der Waals surface area (Å²) in [6.45, 7) is 0. The minimum atomic E-state index is -5.17. The maximum absolute atomic E-state index is 8.52. The van der Waals surface area contributed by atoms with Crippen LogP contribution in [0.25, 0.3) is 0 Å². The Morgan fingerprint density at radius 3 is 0.750 bits per heavy atom. The Bertz CT molecular complexity index is 222. The maximum atomic E-state index is 8.52. The molecule has 0 aliphatic rings. The first-order valence-corrected chi connectivity index (χ1v) is 4.00. The largest absolute Gasteiger partial charge is 4.00 e. The van der Waals surface area contributed by atoms with E-state index in [-0.39, 0.29) is 73.5 Å². The average Bonchev–Trinajstić information content (AvgIpc) is 1.12. The summed E-state index contributed by atoms with van der Waals surface area (Å²) in [6, 6.07) is 0. The molecule has 0 radical (unpaired) electrons. The van der Waals surface area contributed by atoms with Crippen LogP contribution in [0.1, 0.15) is 2.85 Å². The molecule has 0 saturated heterocycles. The molecule has 0 aliphatic heterocycles. The van der Waals surface area contributed by atoms with Crippen molar-refractivity contribution in [3.8, 4) is 0 Å². The van der Waals surface area contributed by atoms with Crippen LogP contribution in [-0.4, -0.2) is 83.9 Å². The molecular formula is H2BaO8S2Ti. The van der Waals surface area contributed by atoms with Crippen molar-refractivity contribution in [2.24, 2.45) is 0 Å². The van der Waals surface area contributed by atoms with Gasteiger partial charge in [-0.25, -0.2) is 0 Å². The molecule has 0 aromatic rings. The first kappa shape index (κ1) is 23.7. The Morgan fingerprint density at radius 2 is 0.750 bits per heavy atom. The van der Waals surface area contributed by atoms with Crippen molar-refractivity contribution in [2.45, 2.75) is 0 Å². The molecule has 12 heteroatoms. The molecule has 0 heterocycles. The van der Waals surface area contributed by atoms with Gasteiger partial charge in [0.1, 0.15) is 0 Å². The van der Waals surface area contributed by atoms with E-state index in [2.05, 4.69) is 0 Å². The molecule has 0 amide bonds. The zero-order valence-electron chi connectivity index (χ0n) is 7.29. The van der Waals surface area contributed by atoms with Gasteiger partial charge in [-0.15, -0.1) is 0 Å². The van der Waals surface area contributed by atoms with Crippen LogP contribution in [0.5, 0.6) is 0 Å². The summed E-state index contributed by atoms with van der Waals surface area (Å²) in [5, 5.41) is 0. The third-order valence-corrected chi connectivity index (χ3v) is 0. The van der Waals surface area contributed by atoms with Crippen LogP contribution in [-0.2, 0) is 42.5 Å². The van der Waals surface area contributed by atoms with Crippen molar-refractivity contribution in [3.63, 3.8) is 0 Å². The van der Waals surface area contributed by atoms with Gasteiger partial charge >= 0.3 is 70.6 Å². The molecule has 0 atom stereocenters. The summed E-state index contributed by atoms with van der Waals surface area (Å²) in [5.41, 5.74) is 0. The fraction of sp³-hybridized carbons (Fsp3) is 0. The van der Waals surface area contributed by atoms with E-state index in [1.807, 2.05) is 0 Å². The summed E-state index contributed by atoms with van der Waals surface area (Å²) in [5.74, 6) is 0. The SMILES string of the molecule is O=S(=O)([O-])[O-].O=S(=O)([O-])[O-].[Ba+2].[H-].[H-].[Ti+4].